The van der Waals surface area contributed by atoms with Gasteiger partial charge in [-0.3, -0.25) is 4.57 Å². The summed E-state index contributed by atoms with van der Waals surface area (Å²) in [7, 11) is -3.10. The summed E-state index contributed by atoms with van der Waals surface area (Å²) in [4.78, 5) is 9.57. The van der Waals surface area contributed by atoms with Crippen LogP contribution in [-0.4, -0.2) is 16.7 Å². The summed E-state index contributed by atoms with van der Waals surface area (Å²) in [6, 6.07) is 9.00. The van der Waals surface area contributed by atoms with E-state index < -0.39 is 7.37 Å². The Labute approximate surface area is 143 Å². The molecule has 0 bridgehead atoms. The van der Waals surface area contributed by atoms with Crippen molar-refractivity contribution in [3.05, 3.63) is 52.6 Å². The van der Waals surface area contributed by atoms with Crippen LogP contribution in [0.5, 0.6) is 17.2 Å². The van der Waals surface area contributed by atoms with Crippen LogP contribution in [-0.2, 0) is 10.7 Å². The van der Waals surface area contributed by atoms with Crippen molar-refractivity contribution < 1.29 is 19.3 Å². The molecule has 0 spiro atoms. The molecule has 0 saturated heterocycles. The highest BCUT2D eigenvalue weighted by molar-refractivity contribution is 7.56. The Balaban J connectivity index is 2.34. The number of phenols is 1. The Bertz CT molecular complexity index is 767. The quantitative estimate of drug-likeness (QED) is 0.717. The first kappa shape index (κ1) is 18.6. The summed E-state index contributed by atoms with van der Waals surface area (Å²) < 4.78 is 17.6. The van der Waals surface area contributed by atoms with Crippen LogP contribution in [0.15, 0.2) is 30.3 Å². The molecule has 0 aliphatic heterocycles. The highest BCUT2D eigenvalue weighted by Crippen LogP contribution is 2.41. The monoisotopic (exact) mass is 348 g/mol. The van der Waals surface area contributed by atoms with Gasteiger partial charge in [-0.05, 0) is 54.7 Å². The average Bonchev–Trinajstić information content (AvgIpc) is 2.42. The molecule has 0 amide bonds. The average molecular weight is 348 g/mol. The molecule has 0 radical (unpaired) electrons. The van der Waals surface area contributed by atoms with Crippen LogP contribution < -0.4 is 4.74 Å². The molecule has 1 unspecified atom stereocenters. The minimum atomic E-state index is -3.10. The van der Waals surface area contributed by atoms with Crippen LogP contribution in [0.2, 0.25) is 0 Å². The molecule has 0 saturated carbocycles. The predicted molar refractivity (Wildman–Crippen MR) is 97.6 cm³/mol. The van der Waals surface area contributed by atoms with Crippen LogP contribution in [0.3, 0.4) is 0 Å². The lowest BCUT2D eigenvalue weighted by Crippen LogP contribution is -1.96. The normalized spacial score (nSPS) is 13.8. The minimum absolute atomic E-state index is 0.158. The molecule has 0 aliphatic carbocycles. The van der Waals surface area contributed by atoms with E-state index in [9.17, 15) is 14.6 Å². The summed E-state index contributed by atoms with van der Waals surface area (Å²) in [6.07, 6.45) is 0.158. The van der Waals surface area contributed by atoms with E-state index in [1.165, 1.54) is 6.66 Å². The SMILES string of the molecule is Cc1cc(CP(C)(=O)O)cc(C)c1Oc1ccc(O)c(C(C)C)c1. The summed E-state index contributed by atoms with van der Waals surface area (Å²) in [5.41, 5.74) is 3.50. The van der Waals surface area contributed by atoms with Crippen molar-refractivity contribution in [1.29, 1.82) is 0 Å². The summed E-state index contributed by atoms with van der Waals surface area (Å²) >= 11 is 0. The molecule has 0 fully saturated rings. The van der Waals surface area contributed by atoms with Gasteiger partial charge in [0.25, 0.3) is 0 Å². The van der Waals surface area contributed by atoms with E-state index >= 15 is 0 Å². The van der Waals surface area contributed by atoms with Crippen molar-refractivity contribution in [3.63, 3.8) is 0 Å². The fourth-order valence-corrected chi connectivity index (χ4v) is 3.67. The number of rotatable bonds is 5. The molecule has 130 valence electrons. The van der Waals surface area contributed by atoms with Crippen molar-refractivity contribution in [2.75, 3.05) is 6.66 Å². The topological polar surface area (TPSA) is 66.8 Å². The van der Waals surface area contributed by atoms with E-state index in [4.69, 9.17) is 4.74 Å². The van der Waals surface area contributed by atoms with E-state index in [0.29, 0.717) is 5.75 Å². The third-order valence-electron chi connectivity index (χ3n) is 3.84. The summed E-state index contributed by atoms with van der Waals surface area (Å²) in [5, 5.41) is 9.92. The molecular formula is C19H25O4P. The number of hydrogen-bond donors (Lipinski definition) is 2. The van der Waals surface area contributed by atoms with Gasteiger partial charge in [0, 0.05) is 18.4 Å². The number of hydrogen-bond acceptors (Lipinski definition) is 3. The van der Waals surface area contributed by atoms with Crippen molar-refractivity contribution in [2.24, 2.45) is 0 Å². The van der Waals surface area contributed by atoms with Gasteiger partial charge < -0.3 is 14.7 Å². The summed E-state index contributed by atoms with van der Waals surface area (Å²) in [6.45, 7) is 9.25. The van der Waals surface area contributed by atoms with Gasteiger partial charge in [0.2, 0.25) is 7.37 Å². The largest absolute Gasteiger partial charge is 0.508 e. The lowest BCUT2D eigenvalue weighted by atomic mass is 10.0. The number of phenolic OH excluding ortho intramolecular Hbond substituents is 1. The minimum Gasteiger partial charge on any atom is -0.508 e. The number of ether oxygens (including phenoxy) is 1. The lowest BCUT2D eigenvalue weighted by Gasteiger charge is -2.16. The first-order valence-corrected chi connectivity index (χ1v) is 10.3. The van der Waals surface area contributed by atoms with Crippen LogP contribution in [0, 0.1) is 13.8 Å². The Morgan fingerprint density at radius 2 is 1.71 bits per heavy atom. The number of benzene rings is 2. The Morgan fingerprint density at radius 3 is 2.21 bits per heavy atom. The molecule has 1 atom stereocenters. The highest BCUT2D eigenvalue weighted by Gasteiger charge is 2.15. The van der Waals surface area contributed by atoms with Gasteiger partial charge in [-0.2, -0.15) is 0 Å². The molecule has 24 heavy (non-hydrogen) atoms. The molecule has 2 aromatic carbocycles. The van der Waals surface area contributed by atoms with Crippen molar-refractivity contribution >= 4 is 7.37 Å². The maximum absolute atomic E-state index is 11.6. The third kappa shape index (κ3) is 4.62. The van der Waals surface area contributed by atoms with Gasteiger partial charge in [-0.1, -0.05) is 26.0 Å². The van der Waals surface area contributed by atoms with Crippen molar-refractivity contribution in [2.45, 2.75) is 39.8 Å². The zero-order valence-corrected chi connectivity index (χ0v) is 15.7. The van der Waals surface area contributed by atoms with Crippen molar-refractivity contribution in [1.82, 2.24) is 0 Å². The Hall–Kier alpha value is -1.77. The van der Waals surface area contributed by atoms with Crippen LogP contribution in [0.1, 0.15) is 42.0 Å². The van der Waals surface area contributed by atoms with Gasteiger partial charge >= 0.3 is 0 Å². The zero-order valence-electron chi connectivity index (χ0n) is 14.8. The molecule has 4 nitrogen and oxygen atoms in total. The van der Waals surface area contributed by atoms with Crippen LogP contribution >= 0.6 is 7.37 Å². The molecule has 0 aliphatic rings. The van der Waals surface area contributed by atoms with E-state index in [1.54, 1.807) is 12.1 Å². The maximum Gasteiger partial charge on any atom is 0.201 e. The molecule has 5 heteroatoms. The fraction of sp³-hybridized carbons (Fsp3) is 0.368. The molecular weight excluding hydrogens is 323 g/mol. The van der Waals surface area contributed by atoms with E-state index in [-0.39, 0.29) is 17.8 Å². The van der Waals surface area contributed by atoms with Gasteiger partial charge in [0.1, 0.15) is 17.2 Å². The van der Waals surface area contributed by atoms with E-state index in [2.05, 4.69) is 0 Å². The molecule has 2 rings (SSSR count). The van der Waals surface area contributed by atoms with E-state index in [0.717, 1.165) is 28.0 Å². The molecule has 0 aromatic heterocycles. The van der Waals surface area contributed by atoms with Gasteiger partial charge in [-0.25, -0.2) is 0 Å². The highest BCUT2D eigenvalue weighted by atomic mass is 31.2. The Morgan fingerprint density at radius 1 is 1.12 bits per heavy atom. The van der Waals surface area contributed by atoms with Crippen LogP contribution in [0.4, 0.5) is 0 Å². The molecule has 0 heterocycles. The number of aryl methyl sites for hydroxylation is 2. The molecule has 2 N–H and O–H groups in total. The second kappa shape index (κ2) is 7.00. The predicted octanol–water partition coefficient (Wildman–Crippen LogP) is 5.32. The van der Waals surface area contributed by atoms with Crippen molar-refractivity contribution in [3.8, 4) is 17.2 Å². The Kier molecular flexibility index (Phi) is 5.42. The number of aromatic hydroxyl groups is 1. The second-order valence-corrected chi connectivity index (χ2v) is 9.16. The standard InChI is InChI=1S/C19H25O4P/c1-12(2)17-10-16(6-7-18(17)20)23-19-13(3)8-15(9-14(19)4)11-24(5,21)22/h6-10,12,20H,11H2,1-5H3,(H,21,22). The lowest BCUT2D eigenvalue weighted by molar-refractivity contribution is 0.452. The smallest absolute Gasteiger partial charge is 0.201 e. The third-order valence-corrected chi connectivity index (χ3v) is 4.79. The second-order valence-electron chi connectivity index (χ2n) is 6.75. The zero-order chi connectivity index (χ0) is 18.1. The van der Waals surface area contributed by atoms with Crippen LogP contribution in [0.25, 0.3) is 0 Å². The molecule has 2 aromatic rings. The first-order chi connectivity index (χ1) is 11.1. The van der Waals surface area contributed by atoms with Gasteiger partial charge in [-0.15, -0.1) is 0 Å². The fourth-order valence-electron chi connectivity index (χ4n) is 2.81. The van der Waals surface area contributed by atoms with E-state index in [1.807, 2.05) is 45.9 Å². The van der Waals surface area contributed by atoms with Gasteiger partial charge in [0.05, 0.1) is 0 Å². The first-order valence-electron chi connectivity index (χ1n) is 7.97. The van der Waals surface area contributed by atoms with Gasteiger partial charge in [0.15, 0.2) is 0 Å². The maximum atomic E-state index is 11.6. The summed E-state index contributed by atoms with van der Waals surface area (Å²) in [5.74, 6) is 1.87.